The van der Waals surface area contributed by atoms with E-state index in [1.54, 1.807) is 10.7 Å². The van der Waals surface area contributed by atoms with Crippen LogP contribution in [0.4, 0.5) is 17.2 Å². The molecule has 2 aliphatic rings. The largest absolute Gasteiger partial charge is 0.354 e. The number of pyridine rings is 3. The van der Waals surface area contributed by atoms with Crippen LogP contribution in [-0.2, 0) is 0 Å². The smallest absolute Gasteiger partial charge is 0.257 e. The number of likely N-dealkylation sites (N-methyl/N-ethyl adjacent to an activating group) is 2. The van der Waals surface area contributed by atoms with E-state index in [1.165, 1.54) is 0 Å². The summed E-state index contributed by atoms with van der Waals surface area (Å²) in [6.45, 7) is 7.22. The molecule has 0 aromatic carbocycles. The zero-order valence-corrected chi connectivity index (χ0v) is 23.4. The van der Waals surface area contributed by atoms with Gasteiger partial charge in [-0.25, -0.2) is 14.5 Å². The lowest BCUT2D eigenvalue weighted by Gasteiger charge is -2.33. The van der Waals surface area contributed by atoms with Crippen molar-refractivity contribution in [3.05, 3.63) is 66.9 Å². The number of hydrogen-bond donors (Lipinski definition) is 2. The van der Waals surface area contributed by atoms with Crippen LogP contribution in [-0.4, -0.2) is 112 Å². The number of amides is 1. The molecule has 0 saturated carbocycles. The van der Waals surface area contributed by atoms with Crippen LogP contribution >= 0.6 is 0 Å². The summed E-state index contributed by atoms with van der Waals surface area (Å²) >= 11 is 0. The van der Waals surface area contributed by atoms with E-state index in [1.807, 2.05) is 47.9 Å². The van der Waals surface area contributed by atoms with Crippen LogP contribution in [0.2, 0.25) is 0 Å². The lowest BCUT2D eigenvalue weighted by Crippen LogP contribution is -2.47. The molecule has 5 aromatic heterocycles. The summed E-state index contributed by atoms with van der Waals surface area (Å²) in [5.74, 6) is 1.01. The summed E-state index contributed by atoms with van der Waals surface area (Å²) in [6.07, 6.45) is 9.26. The van der Waals surface area contributed by atoms with E-state index in [0.29, 0.717) is 5.56 Å². The molecule has 1 amide bonds. The Bertz CT molecular complexity index is 1710. The highest BCUT2D eigenvalue weighted by molar-refractivity contribution is 6.02. The number of piperazine rings is 2. The van der Waals surface area contributed by atoms with Crippen molar-refractivity contribution in [2.45, 2.75) is 0 Å². The Morgan fingerprint density at radius 2 is 1.66 bits per heavy atom. The Hall–Kier alpha value is -4.48. The standard InChI is InChI=1S/C30H34N10O/c1-36-7-11-38(12-8-36)28-17-22(3-5-31-28)35-23-16-24-25(19-33-29(24)32-18-23)21-4-6-40-27(15-21)26(20-34-40)30(41)39-13-9-37(2)10-14-39/h3-6,15-20H,7-14H2,1-2H3,(H,31,35)(H,32,33). The average Bonchev–Trinajstić information content (AvgIpc) is 3.61. The Balaban J connectivity index is 1.16. The predicted octanol–water partition coefficient (Wildman–Crippen LogP) is 3.16. The summed E-state index contributed by atoms with van der Waals surface area (Å²) < 4.78 is 1.77. The van der Waals surface area contributed by atoms with Crippen molar-refractivity contribution >= 4 is 39.6 Å². The second-order valence-electron chi connectivity index (χ2n) is 11.0. The van der Waals surface area contributed by atoms with Gasteiger partial charge < -0.3 is 29.9 Å². The summed E-state index contributed by atoms with van der Waals surface area (Å²) in [6, 6.07) is 10.3. The first-order chi connectivity index (χ1) is 20.0. The first-order valence-corrected chi connectivity index (χ1v) is 14.1. The molecule has 0 aliphatic carbocycles. The molecule has 11 nitrogen and oxygen atoms in total. The highest BCUT2D eigenvalue weighted by atomic mass is 16.2. The van der Waals surface area contributed by atoms with Gasteiger partial charge in [0.25, 0.3) is 5.91 Å². The SMILES string of the molecule is CN1CCN(C(=O)c2cnn3ccc(-c4c[nH]c5ncc(Nc6ccnc(N7CCN(C)CC7)c6)cc45)cc23)CC1. The maximum Gasteiger partial charge on any atom is 0.257 e. The van der Waals surface area contributed by atoms with Crippen LogP contribution in [0.5, 0.6) is 0 Å². The number of H-pyrrole nitrogens is 1. The van der Waals surface area contributed by atoms with Gasteiger partial charge in [0, 0.05) is 93.7 Å². The zero-order chi connectivity index (χ0) is 27.9. The van der Waals surface area contributed by atoms with Crippen molar-refractivity contribution in [1.29, 1.82) is 0 Å². The summed E-state index contributed by atoms with van der Waals surface area (Å²) in [4.78, 5) is 34.8. The third-order valence-electron chi connectivity index (χ3n) is 8.25. The molecule has 2 fully saturated rings. The van der Waals surface area contributed by atoms with Gasteiger partial charge in [0.2, 0.25) is 0 Å². The number of aromatic nitrogens is 5. The van der Waals surface area contributed by atoms with Gasteiger partial charge in [-0.05, 0) is 43.9 Å². The molecular formula is C30H34N10O. The molecular weight excluding hydrogens is 516 g/mol. The van der Waals surface area contributed by atoms with E-state index in [4.69, 9.17) is 0 Å². The lowest BCUT2D eigenvalue weighted by atomic mass is 10.1. The molecule has 41 heavy (non-hydrogen) atoms. The van der Waals surface area contributed by atoms with Gasteiger partial charge in [0.15, 0.2) is 0 Å². The van der Waals surface area contributed by atoms with Gasteiger partial charge in [0.05, 0.1) is 29.2 Å². The molecule has 7 heterocycles. The van der Waals surface area contributed by atoms with Crippen molar-refractivity contribution in [2.24, 2.45) is 0 Å². The summed E-state index contributed by atoms with van der Waals surface area (Å²) in [5, 5.41) is 8.98. The van der Waals surface area contributed by atoms with Crippen LogP contribution in [0.25, 0.3) is 27.7 Å². The fourth-order valence-corrected chi connectivity index (χ4v) is 5.67. The molecule has 5 aromatic rings. The first kappa shape index (κ1) is 25.5. The monoisotopic (exact) mass is 550 g/mol. The number of aromatic amines is 1. The minimum Gasteiger partial charge on any atom is -0.354 e. The molecule has 2 aliphatic heterocycles. The van der Waals surface area contributed by atoms with Crippen LogP contribution in [0, 0.1) is 0 Å². The molecule has 0 atom stereocenters. The molecule has 7 rings (SSSR count). The van der Waals surface area contributed by atoms with Crippen LogP contribution in [0.1, 0.15) is 10.4 Å². The molecule has 2 N–H and O–H groups in total. The number of rotatable bonds is 5. The highest BCUT2D eigenvalue weighted by Gasteiger charge is 2.23. The molecule has 0 radical (unpaired) electrons. The van der Waals surface area contributed by atoms with Crippen molar-refractivity contribution in [3.63, 3.8) is 0 Å². The van der Waals surface area contributed by atoms with E-state index in [9.17, 15) is 4.79 Å². The van der Waals surface area contributed by atoms with Crippen molar-refractivity contribution < 1.29 is 4.79 Å². The average molecular weight is 551 g/mol. The topological polar surface area (TPSA) is 101 Å². The van der Waals surface area contributed by atoms with Gasteiger partial charge in [-0.2, -0.15) is 5.10 Å². The van der Waals surface area contributed by atoms with Crippen LogP contribution < -0.4 is 10.2 Å². The van der Waals surface area contributed by atoms with Gasteiger partial charge in [-0.15, -0.1) is 0 Å². The van der Waals surface area contributed by atoms with Crippen LogP contribution in [0.15, 0.2) is 61.3 Å². The molecule has 210 valence electrons. The molecule has 2 saturated heterocycles. The van der Waals surface area contributed by atoms with E-state index in [-0.39, 0.29) is 5.91 Å². The number of carbonyl (C=O) groups excluding carboxylic acids is 1. The van der Waals surface area contributed by atoms with Gasteiger partial charge in [-0.3, -0.25) is 4.79 Å². The number of carbonyl (C=O) groups is 1. The van der Waals surface area contributed by atoms with Crippen molar-refractivity contribution in [2.75, 3.05) is 76.7 Å². The molecule has 0 spiro atoms. The number of fused-ring (bicyclic) bond motifs is 2. The molecule has 0 unspecified atom stereocenters. The third-order valence-corrected chi connectivity index (χ3v) is 8.25. The number of anilines is 3. The fraction of sp³-hybridized carbons (Fsp3) is 0.333. The van der Waals surface area contributed by atoms with E-state index >= 15 is 0 Å². The number of hydrogen-bond acceptors (Lipinski definition) is 8. The van der Waals surface area contributed by atoms with Gasteiger partial charge in [-0.1, -0.05) is 0 Å². The first-order valence-electron chi connectivity index (χ1n) is 14.1. The highest BCUT2D eigenvalue weighted by Crippen LogP contribution is 2.32. The maximum absolute atomic E-state index is 13.4. The van der Waals surface area contributed by atoms with E-state index in [0.717, 1.165) is 97.2 Å². The van der Waals surface area contributed by atoms with E-state index in [2.05, 4.69) is 66.3 Å². The summed E-state index contributed by atoms with van der Waals surface area (Å²) in [5.41, 5.74) is 6.12. The zero-order valence-electron chi connectivity index (χ0n) is 23.4. The lowest BCUT2D eigenvalue weighted by molar-refractivity contribution is 0.0666. The normalized spacial score (nSPS) is 17.0. The Kier molecular flexibility index (Phi) is 6.52. The number of nitrogens with zero attached hydrogens (tertiary/aromatic N) is 8. The minimum absolute atomic E-state index is 0.0330. The summed E-state index contributed by atoms with van der Waals surface area (Å²) in [7, 11) is 4.24. The minimum atomic E-state index is 0.0330. The van der Waals surface area contributed by atoms with Crippen LogP contribution in [0.3, 0.4) is 0 Å². The van der Waals surface area contributed by atoms with Crippen molar-refractivity contribution in [3.8, 4) is 11.1 Å². The molecule has 11 heteroatoms. The second kappa shape index (κ2) is 10.5. The van der Waals surface area contributed by atoms with Crippen molar-refractivity contribution in [1.82, 2.24) is 39.3 Å². The van der Waals surface area contributed by atoms with Gasteiger partial charge in [0.1, 0.15) is 11.5 Å². The predicted molar refractivity (Wildman–Crippen MR) is 161 cm³/mol. The Morgan fingerprint density at radius 1 is 0.878 bits per heavy atom. The van der Waals surface area contributed by atoms with E-state index < -0.39 is 0 Å². The Morgan fingerprint density at radius 3 is 2.46 bits per heavy atom. The number of nitrogens with one attached hydrogen (secondary N) is 2. The maximum atomic E-state index is 13.4. The third kappa shape index (κ3) is 4.98. The fourth-order valence-electron chi connectivity index (χ4n) is 5.67. The second-order valence-corrected chi connectivity index (χ2v) is 11.0. The Labute approximate surface area is 238 Å². The van der Waals surface area contributed by atoms with Gasteiger partial charge >= 0.3 is 0 Å². The molecule has 0 bridgehead atoms. The quantitative estimate of drug-likeness (QED) is 0.344.